The summed E-state index contributed by atoms with van der Waals surface area (Å²) in [7, 11) is -3.99. The van der Waals surface area contributed by atoms with Crippen LogP contribution in [-0.2, 0) is 43.9 Å². The van der Waals surface area contributed by atoms with Gasteiger partial charge in [-0.2, -0.15) is 4.72 Å². The summed E-state index contributed by atoms with van der Waals surface area (Å²) in [5.41, 5.74) is 7.23. The molecule has 1 aliphatic rings. The zero-order chi connectivity index (χ0) is 42.9. The zero-order valence-corrected chi connectivity index (χ0v) is 35.4. The van der Waals surface area contributed by atoms with Crippen molar-refractivity contribution in [3.63, 3.8) is 0 Å². The third-order valence-electron chi connectivity index (χ3n) is 10.8. The highest BCUT2D eigenvalue weighted by Crippen LogP contribution is 2.43. The molecule has 61 heavy (non-hydrogen) atoms. The molecule has 6 aromatic rings. The molecule has 0 radical (unpaired) electrons. The maximum absolute atomic E-state index is 13.7. The zero-order valence-electron chi connectivity index (χ0n) is 33.8. The van der Waals surface area contributed by atoms with Gasteiger partial charge < -0.3 is 25.0 Å². The van der Waals surface area contributed by atoms with Crippen molar-refractivity contribution in [1.82, 2.24) is 10.0 Å². The Labute approximate surface area is 361 Å². The molecule has 5 atom stereocenters. The number of carbonyl (C=O) groups is 2. The number of aliphatic hydroxyl groups is 1. The molecule has 0 spiro atoms. The van der Waals surface area contributed by atoms with Crippen molar-refractivity contribution in [2.75, 3.05) is 5.75 Å². The molecular weight excluding hydrogens is 809 g/mol. The molecule has 1 saturated heterocycles. The number of carboxylic acid groups (broad SMARTS) is 1. The molecule has 0 saturated carbocycles. The number of benzene rings is 6. The molecule has 4 N–H and O–H groups in total. The standard InChI is InChI=1S/C49H48N2O8S2/c1-32-14-24-43(25-15-32)61(56,57)51-44(27-34-8-4-3-5-9-34)47(53)50-29-36-10-6-11-39(26-36)40-12-7-13-41(28-40)49-58-45(31-60-42-22-20-38(21-23-42)48(54)55)33(2)46(59-49)37-18-16-35(30-52)17-19-37/h3-26,28,33,44-46,49,51-52H,27,29-31H2,1-2H3,(H,50,53)(H,54,55)/t33-,44+,45+,46+,49+/m0/s1. The van der Waals surface area contributed by atoms with Crippen LogP contribution < -0.4 is 10.0 Å². The van der Waals surface area contributed by atoms with Crippen molar-refractivity contribution in [2.45, 2.75) is 67.8 Å². The van der Waals surface area contributed by atoms with Gasteiger partial charge in [-0.15, -0.1) is 11.8 Å². The minimum atomic E-state index is -3.99. The van der Waals surface area contributed by atoms with Gasteiger partial charge in [0, 0.05) is 28.7 Å². The van der Waals surface area contributed by atoms with Crippen LogP contribution in [0.3, 0.4) is 0 Å². The molecule has 7 rings (SSSR count). The molecular formula is C49H48N2O8S2. The van der Waals surface area contributed by atoms with E-state index in [0.717, 1.165) is 49.4 Å². The monoisotopic (exact) mass is 856 g/mol. The van der Waals surface area contributed by atoms with Gasteiger partial charge in [-0.25, -0.2) is 13.2 Å². The summed E-state index contributed by atoms with van der Waals surface area (Å²) in [6.45, 7) is 4.09. The minimum absolute atomic E-state index is 0.0395. The first-order chi connectivity index (χ1) is 29.4. The average molecular weight is 857 g/mol. The first-order valence-corrected chi connectivity index (χ1v) is 22.5. The van der Waals surface area contributed by atoms with Crippen LogP contribution in [0.1, 0.15) is 63.1 Å². The van der Waals surface area contributed by atoms with E-state index in [9.17, 15) is 28.2 Å². The molecule has 0 aromatic heterocycles. The second kappa shape index (κ2) is 19.9. The molecule has 0 bridgehead atoms. The number of carbonyl (C=O) groups excluding carboxylic acids is 1. The third kappa shape index (κ3) is 11.2. The summed E-state index contributed by atoms with van der Waals surface area (Å²) >= 11 is 1.59. The Hall–Kier alpha value is -5.60. The van der Waals surface area contributed by atoms with Crippen molar-refractivity contribution in [3.05, 3.63) is 191 Å². The molecule has 0 aliphatic carbocycles. The SMILES string of the molecule is Cc1ccc(S(=O)(=O)N[C@H](Cc2ccccc2)C(=O)NCc2cccc(-c3cccc([C@@H]4O[C@H](CSc5ccc(C(=O)O)cc5)[C@H](C)[C@H](c5ccc(CO)cc5)O4)c3)c2)cc1. The van der Waals surface area contributed by atoms with Gasteiger partial charge in [0.2, 0.25) is 15.9 Å². The normalized spacial score (nSPS) is 18.3. The van der Waals surface area contributed by atoms with E-state index in [4.69, 9.17) is 9.47 Å². The van der Waals surface area contributed by atoms with E-state index in [2.05, 4.69) is 17.0 Å². The summed E-state index contributed by atoms with van der Waals surface area (Å²) in [5, 5.41) is 22.0. The Bertz CT molecular complexity index is 2530. The fourth-order valence-electron chi connectivity index (χ4n) is 7.23. The van der Waals surface area contributed by atoms with Gasteiger partial charge >= 0.3 is 5.97 Å². The van der Waals surface area contributed by atoms with E-state index < -0.39 is 34.2 Å². The maximum atomic E-state index is 13.7. The highest BCUT2D eigenvalue weighted by molar-refractivity contribution is 7.99. The first kappa shape index (κ1) is 43.5. The number of aliphatic hydroxyl groups excluding tert-OH is 1. The summed E-state index contributed by atoms with van der Waals surface area (Å²) < 4.78 is 42.9. The van der Waals surface area contributed by atoms with Crippen molar-refractivity contribution in [1.29, 1.82) is 0 Å². The maximum Gasteiger partial charge on any atom is 0.335 e. The van der Waals surface area contributed by atoms with Gasteiger partial charge in [0.05, 0.1) is 29.3 Å². The number of hydrogen-bond acceptors (Lipinski definition) is 8. The van der Waals surface area contributed by atoms with E-state index in [1.54, 1.807) is 48.2 Å². The summed E-state index contributed by atoms with van der Waals surface area (Å²) in [6.07, 6.45) is -1.07. The van der Waals surface area contributed by atoms with Crippen molar-refractivity contribution in [2.24, 2.45) is 5.92 Å². The number of thioether (sulfide) groups is 1. The van der Waals surface area contributed by atoms with Crippen LogP contribution in [-0.4, -0.2) is 48.4 Å². The Morgan fingerprint density at radius 2 is 1.41 bits per heavy atom. The molecule has 1 heterocycles. The molecule has 314 valence electrons. The quantitative estimate of drug-likeness (QED) is 0.0702. The third-order valence-corrected chi connectivity index (χ3v) is 13.3. The van der Waals surface area contributed by atoms with Gasteiger partial charge in [0.25, 0.3) is 0 Å². The van der Waals surface area contributed by atoms with Gasteiger partial charge in [-0.05, 0) is 95.3 Å². The van der Waals surface area contributed by atoms with Crippen LogP contribution in [0.2, 0.25) is 0 Å². The number of aromatic carboxylic acids is 1. The van der Waals surface area contributed by atoms with E-state index in [1.165, 1.54) is 12.1 Å². The van der Waals surface area contributed by atoms with Crippen molar-refractivity contribution >= 4 is 33.7 Å². The lowest BCUT2D eigenvalue weighted by atomic mass is 9.91. The number of rotatable bonds is 16. The predicted molar refractivity (Wildman–Crippen MR) is 236 cm³/mol. The van der Waals surface area contributed by atoms with Crippen LogP contribution in [0.5, 0.6) is 0 Å². The number of hydrogen-bond donors (Lipinski definition) is 4. The molecule has 6 aromatic carbocycles. The number of sulfonamides is 1. The Kier molecular flexibility index (Phi) is 14.2. The fraction of sp³-hybridized carbons (Fsp3) is 0.224. The van der Waals surface area contributed by atoms with Crippen LogP contribution in [0.4, 0.5) is 0 Å². The van der Waals surface area contributed by atoms with Gasteiger partial charge in [-0.3, -0.25) is 4.79 Å². The number of ether oxygens (including phenoxy) is 2. The summed E-state index contributed by atoms with van der Waals surface area (Å²) in [5.74, 6) is -0.853. The smallest absolute Gasteiger partial charge is 0.335 e. The number of nitrogens with one attached hydrogen (secondary N) is 2. The molecule has 0 unspecified atom stereocenters. The molecule has 1 amide bonds. The van der Waals surface area contributed by atoms with E-state index >= 15 is 0 Å². The number of carboxylic acids is 1. The lowest BCUT2D eigenvalue weighted by molar-refractivity contribution is -0.268. The number of aryl methyl sites for hydroxylation is 1. The van der Waals surface area contributed by atoms with Crippen molar-refractivity contribution in [3.8, 4) is 11.1 Å². The van der Waals surface area contributed by atoms with Crippen molar-refractivity contribution < 1.29 is 37.7 Å². The Balaban J connectivity index is 1.08. The average Bonchev–Trinajstić information content (AvgIpc) is 3.28. The topological polar surface area (TPSA) is 151 Å². The van der Waals surface area contributed by atoms with E-state index in [0.29, 0.717) is 5.75 Å². The number of amides is 1. The lowest BCUT2D eigenvalue weighted by Crippen LogP contribution is -2.47. The van der Waals surface area contributed by atoms with E-state index in [1.807, 2.05) is 110 Å². The molecule has 10 nitrogen and oxygen atoms in total. The van der Waals surface area contributed by atoms with Crippen LogP contribution in [0, 0.1) is 12.8 Å². The summed E-state index contributed by atoms with van der Waals surface area (Å²) in [4.78, 5) is 26.1. The molecule has 12 heteroatoms. The van der Waals surface area contributed by atoms with Gasteiger partial charge in [0.15, 0.2) is 6.29 Å². The highest BCUT2D eigenvalue weighted by atomic mass is 32.2. The second-order valence-electron chi connectivity index (χ2n) is 15.2. The molecule has 1 fully saturated rings. The van der Waals surface area contributed by atoms with Gasteiger partial charge in [0.1, 0.15) is 6.04 Å². The lowest BCUT2D eigenvalue weighted by Gasteiger charge is -2.41. The minimum Gasteiger partial charge on any atom is -0.478 e. The van der Waals surface area contributed by atoms with Crippen LogP contribution in [0.25, 0.3) is 11.1 Å². The largest absolute Gasteiger partial charge is 0.478 e. The highest BCUT2D eigenvalue weighted by Gasteiger charge is 2.38. The molecule has 1 aliphatic heterocycles. The van der Waals surface area contributed by atoms with Crippen LogP contribution in [0.15, 0.2) is 161 Å². The Morgan fingerprint density at radius 1 is 0.738 bits per heavy atom. The second-order valence-corrected chi connectivity index (χ2v) is 18.0. The van der Waals surface area contributed by atoms with Crippen LogP contribution >= 0.6 is 11.8 Å². The van der Waals surface area contributed by atoms with E-state index in [-0.39, 0.29) is 48.2 Å². The first-order valence-electron chi connectivity index (χ1n) is 20.0. The summed E-state index contributed by atoms with van der Waals surface area (Å²) in [6, 6.07) is 45.1. The Morgan fingerprint density at radius 3 is 2.10 bits per heavy atom. The fourth-order valence-corrected chi connectivity index (χ4v) is 9.49. The van der Waals surface area contributed by atoms with Gasteiger partial charge in [-0.1, -0.05) is 116 Å². The predicted octanol–water partition coefficient (Wildman–Crippen LogP) is 8.64.